The van der Waals surface area contributed by atoms with E-state index in [9.17, 15) is 39.0 Å². The fourth-order valence-corrected chi connectivity index (χ4v) is 17.9. The number of ketones is 3. The van der Waals surface area contributed by atoms with Crippen LogP contribution in [0.15, 0.2) is 84.4 Å². The Morgan fingerprint density at radius 3 is 2.07 bits per heavy atom. The van der Waals surface area contributed by atoms with Gasteiger partial charge in [0.15, 0.2) is 11.6 Å². The average molecular weight is 1820 g/mol. The van der Waals surface area contributed by atoms with Crippen LogP contribution in [0.1, 0.15) is 175 Å². The number of aliphatic hydroxyl groups excluding tert-OH is 1. The fraction of sp³-hybridized carbons (Fsp3) is 0.695. The first kappa shape index (κ1) is 104. The molecule has 1 aromatic carbocycles. The van der Waals surface area contributed by atoms with E-state index >= 15 is 0 Å². The first-order chi connectivity index (χ1) is 62.9. The second-order valence-electron chi connectivity index (χ2n) is 35.1. The number of H-pyrrole nitrogens is 1. The molecule has 35 heteroatoms. The number of benzene rings is 1. The number of nitrogens with one attached hydrogen (secondary N) is 2. The van der Waals surface area contributed by atoms with Crippen LogP contribution < -0.4 is 21.5 Å². The fourth-order valence-electron chi connectivity index (χ4n) is 17.9. The molecule has 0 spiro atoms. The standard InChI is InChI=1S/C95H144N12O23/c1-62-19-12-11-13-20-63(2)80(117-8)58-73-31-25-67(6)95(115,130-73)89(111)93(113)106-34-16-14-23-76(106)94(114)129-81(59-77(108)64(3)54-66(5)87(110)88(119-10)86(109)65(4)53-62)74(96)55-68-26-32-78(82(56-68)118-9)128-36-17-15-22-72-60-105(104-103-72)35-38-121-40-42-123-44-46-125-48-50-127-52-51-126-49-47-124-45-43-122-41-39-120-37-33-98-92(112)70-29-27-69(28-30-70)91-102-84(85-90(97)99-61-100-107(85)91)75-57-71-21-18-24-79(116-7)83(71)101-75/h11-13,18-21,24,54,57,60-62,64-65,67-70,73-74,76,78,80-82,87-88,101,110,115H,14-17,22-23,25-53,55-56,58-59,96H2,1-10H3,(H,98,112)(H2,97,99,100)/b13-11+,19-12+,63-20+,66-54+/t62-,64-,65-,67-,68+,69-,70-,73+,74-,76+,78-,80+,81+,82-,87-,88+,95-/m1/s1. The summed E-state index contributed by atoms with van der Waals surface area (Å²) in [4.78, 5) is 99.3. The number of hydrogen-bond acceptors (Lipinski definition) is 30. The van der Waals surface area contributed by atoms with Crippen LogP contribution in [-0.4, -0.2) is 304 Å². The molecule has 5 aromatic rings. The summed E-state index contributed by atoms with van der Waals surface area (Å²) >= 11 is 0. The lowest BCUT2D eigenvalue weighted by Crippen LogP contribution is -2.61. The van der Waals surface area contributed by atoms with Gasteiger partial charge in [-0.25, -0.2) is 24.0 Å². The summed E-state index contributed by atoms with van der Waals surface area (Å²) in [5.41, 5.74) is 18.6. The van der Waals surface area contributed by atoms with Crippen molar-refractivity contribution < 1.29 is 110 Å². The Kier molecular flexibility index (Phi) is 43.3. The van der Waals surface area contributed by atoms with Gasteiger partial charge in [-0.05, 0) is 158 Å². The van der Waals surface area contributed by atoms with Crippen LogP contribution >= 0.6 is 0 Å². The van der Waals surface area contributed by atoms with E-state index in [2.05, 4.69) is 30.7 Å². The molecule has 130 heavy (non-hydrogen) atoms. The van der Waals surface area contributed by atoms with Crippen LogP contribution in [0.4, 0.5) is 5.82 Å². The van der Waals surface area contributed by atoms with Gasteiger partial charge in [0.1, 0.15) is 59.2 Å². The van der Waals surface area contributed by atoms with Crippen molar-refractivity contribution in [1.82, 2.24) is 49.8 Å². The number of aromatic amines is 1. The predicted octanol–water partition coefficient (Wildman–Crippen LogP) is 8.91. The minimum Gasteiger partial charge on any atom is -0.495 e. The first-order valence-electron chi connectivity index (χ1n) is 46.7. The van der Waals surface area contributed by atoms with Crippen LogP contribution in [0.5, 0.6) is 5.75 Å². The smallest absolute Gasteiger partial charge is 0.329 e. The van der Waals surface area contributed by atoms with Crippen molar-refractivity contribution in [3.05, 3.63) is 95.9 Å². The molecule has 5 aliphatic rings. The van der Waals surface area contributed by atoms with Gasteiger partial charge in [-0.1, -0.05) is 81.5 Å². The number of fused-ring (bicyclic) bond motifs is 5. The van der Waals surface area contributed by atoms with E-state index in [1.54, 1.807) is 57.4 Å². The topological polar surface area (TPSA) is 438 Å². The number of cyclic esters (lactones) is 1. The van der Waals surface area contributed by atoms with Crippen molar-refractivity contribution in [3.8, 4) is 17.1 Å². The second-order valence-corrected chi connectivity index (χ2v) is 35.1. The molecule has 0 unspecified atom stereocenters. The summed E-state index contributed by atoms with van der Waals surface area (Å²) in [5.74, 6) is -6.35. The summed E-state index contributed by atoms with van der Waals surface area (Å²) in [6.45, 7) is 19.0. The normalized spacial score (nSPS) is 28.0. The molecule has 2 bridgehead atoms. The number of hydrogen-bond donors (Lipinski definition) is 6. The number of methoxy groups -OCH3 is 4. The Morgan fingerprint density at radius 1 is 0.731 bits per heavy atom. The monoisotopic (exact) mass is 1820 g/mol. The molecular formula is C95H144N12O23. The number of carbonyl (C=O) groups excluding carboxylic acids is 6. The number of allylic oxidation sites excluding steroid dienone is 6. The first-order valence-corrected chi connectivity index (χ1v) is 46.7. The lowest BCUT2D eigenvalue weighted by Gasteiger charge is -2.42. The highest BCUT2D eigenvalue weighted by Crippen LogP contribution is 2.42. The van der Waals surface area contributed by atoms with Crippen LogP contribution in [0.25, 0.3) is 27.8 Å². The molecule has 2 saturated heterocycles. The Balaban J connectivity index is 0.540. The number of aryl methyl sites for hydroxylation is 1. The van der Waals surface area contributed by atoms with Crippen LogP contribution in [0.3, 0.4) is 0 Å². The minimum absolute atomic E-state index is 0.0138. The molecule has 0 radical (unpaired) electrons. The van der Waals surface area contributed by atoms with E-state index in [1.165, 1.54) is 18.3 Å². The molecule has 8 N–H and O–H groups in total. The Bertz CT molecular complexity index is 4450. The van der Waals surface area contributed by atoms with Crippen LogP contribution in [0.2, 0.25) is 0 Å². The Labute approximate surface area is 764 Å². The number of imidazole rings is 1. The molecular weight excluding hydrogens is 1680 g/mol. The molecule has 10 rings (SSSR count). The maximum Gasteiger partial charge on any atom is 0.329 e. The number of carbonyl (C=O) groups is 6. The highest BCUT2D eigenvalue weighted by Gasteiger charge is 2.53. The van der Waals surface area contributed by atoms with Gasteiger partial charge in [-0.3, -0.25) is 24.0 Å². The zero-order valence-corrected chi connectivity index (χ0v) is 77.9. The summed E-state index contributed by atoms with van der Waals surface area (Å²) in [6.07, 6.45) is 19.4. The lowest BCUT2D eigenvalue weighted by molar-refractivity contribution is -0.265. The number of nitrogen functional groups attached to an aromatic ring is 1. The minimum atomic E-state index is -2.48. The molecule has 2 saturated carbocycles. The number of esters is 1. The SMILES string of the molecule is COc1cccc2cc(-c3nc([C@H]4CC[C@H](C(=O)NCCOCCOCCOCCOCCOCCOCCOCCOCCn5cc(CCCCO[C@@H]6CC[C@@H](C[C@@H](N)[C@@H]7CC(=O)[C@H](C)/C=C(\C)[C@@H](O)[C@@H](OC)C(=O)[C@H](C)C[C@H](C)/C=C/C=C/C=C(\C)[C@@H](OC)C[C@@H]8CC[C@@H](C)[C@@](O)(O8)C(=O)C(=O)N8CCCC[C@H]8C(=O)O7)C[C@H]6OC)nn5)CC4)n4ncnc(N)c34)[nH]c12. The van der Waals surface area contributed by atoms with E-state index in [4.69, 9.17) is 87.5 Å². The van der Waals surface area contributed by atoms with E-state index in [-0.39, 0.29) is 79.2 Å². The number of rotatable bonds is 43. The Hall–Kier alpha value is -8.21. The average Bonchev–Trinajstić information content (AvgIpc) is 1.60. The third-order valence-corrected chi connectivity index (χ3v) is 25.6. The lowest BCUT2D eigenvalue weighted by atomic mass is 9.80. The van der Waals surface area contributed by atoms with Crippen molar-refractivity contribution >= 4 is 57.4 Å². The van der Waals surface area contributed by atoms with Crippen molar-refractivity contribution in [2.45, 2.75) is 237 Å². The number of aromatic nitrogens is 8. The molecule has 15 atom stereocenters. The molecule has 4 aromatic heterocycles. The number of amides is 2. The molecule has 3 aliphatic heterocycles. The highest BCUT2D eigenvalue weighted by atomic mass is 16.6. The summed E-state index contributed by atoms with van der Waals surface area (Å²) in [5, 5.41) is 41.0. The summed E-state index contributed by atoms with van der Waals surface area (Å²) < 4.78 is 91.0. The maximum atomic E-state index is 14.7. The highest BCUT2D eigenvalue weighted by molar-refractivity contribution is 6.39. The van der Waals surface area contributed by atoms with E-state index < -0.39 is 83.8 Å². The van der Waals surface area contributed by atoms with Gasteiger partial charge in [0.25, 0.3) is 11.7 Å². The van der Waals surface area contributed by atoms with Crippen molar-refractivity contribution in [1.29, 1.82) is 0 Å². The molecule has 722 valence electrons. The van der Waals surface area contributed by atoms with Crippen molar-refractivity contribution in [2.75, 3.05) is 160 Å². The molecule has 2 aliphatic carbocycles. The summed E-state index contributed by atoms with van der Waals surface area (Å²) in [7, 11) is 6.24. The largest absolute Gasteiger partial charge is 0.495 e. The zero-order valence-electron chi connectivity index (χ0n) is 77.9. The van der Waals surface area contributed by atoms with Gasteiger partial charge in [0, 0.05) is 101 Å². The number of aliphatic hydroxyl groups is 2. The number of anilines is 1. The van der Waals surface area contributed by atoms with Crippen LogP contribution in [-0.2, 0) is 108 Å². The molecule has 4 fully saturated rings. The number of piperidine rings is 1. The van der Waals surface area contributed by atoms with Gasteiger partial charge in [-0.2, -0.15) is 5.10 Å². The van der Waals surface area contributed by atoms with Gasteiger partial charge < -0.3 is 108 Å². The number of unbranched alkanes of at least 4 members (excludes halogenated alkanes) is 1. The van der Waals surface area contributed by atoms with E-state index in [1.807, 2.05) is 81.6 Å². The van der Waals surface area contributed by atoms with E-state index in [0.717, 1.165) is 84.4 Å². The quantitative estimate of drug-likeness (QED) is 0.00917. The number of ether oxygens (including phenoxy) is 15. The Morgan fingerprint density at radius 2 is 1.41 bits per heavy atom. The van der Waals surface area contributed by atoms with E-state index in [0.29, 0.717) is 206 Å². The second kappa shape index (κ2) is 54.2. The number of nitrogens with zero attached hydrogens (tertiary/aromatic N) is 8. The van der Waals surface area contributed by atoms with Crippen molar-refractivity contribution in [2.24, 2.45) is 41.2 Å². The molecule has 2 amide bonds. The number of Topliss-reactive ketones (excluding diaryl/α,β-unsaturated/α-hetero) is 3. The van der Waals surface area contributed by atoms with Gasteiger partial charge >= 0.3 is 5.97 Å². The third kappa shape index (κ3) is 30.7. The zero-order chi connectivity index (χ0) is 92.9. The maximum absolute atomic E-state index is 14.7. The van der Waals surface area contributed by atoms with Gasteiger partial charge in [-0.15, -0.1) is 5.10 Å². The van der Waals surface area contributed by atoms with Gasteiger partial charge in [0.05, 0.1) is 161 Å². The number of nitrogens with two attached hydrogens (primary N) is 2. The molecule has 35 nitrogen and oxygen atoms in total. The van der Waals surface area contributed by atoms with Crippen molar-refractivity contribution in [3.63, 3.8) is 0 Å². The predicted molar refractivity (Wildman–Crippen MR) is 484 cm³/mol. The summed E-state index contributed by atoms with van der Waals surface area (Å²) in [6, 6.07) is 5.80. The third-order valence-electron chi connectivity index (χ3n) is 25.6. The number of para-hydroxylation sites is 1. The van der Waals surface area contributed by atoms with Gasteiger partial charge in [0.2, 0.25) is 11.7 Å². The van der Waals surface area contributed by atoms with Crippen LogP contribution in [0, 0.1) is 35.5 Å². The molecule has 7 heterocycles.